The van der Waals surface area contributed by atoms with Crippen LogP contribution in [0.25, 0.3) is 10.9 Å². The first kappa shape index (κ1) is 16.6. The van der Waals surface area contributed by atoms with Gasteiger partial charge in [0, 0.05) is 24.0 Å². The maximum Gasteiger partial charge on any atom is 0.274 e. The van der Waals surface area contributed by atoms with Crippen LogP contribution in [0.3, 0.4) is 0 Å². The van der Waals surface area contributed by atoms with E-state index in [0.29, 0.717) is 18.1 Å². The van der Waals surface area contributed by atoms with Gasteiger partial charge in [0.2, 0.25) is 0 Å². The highest BCUT2D eigenvalue weighted by Crippen LogP contribution is 2.30. The first-order chi connectivity index (χ1) is 12.6. The molecule has 0 fully saturated rings. The number of rotatable bonds is 4. The summed E-state index contributed by atoms with van der Waals surface area (Å²) in [5, 5.41) is 8.32. The second-order valence-corrected chi connectivity index (χ2v) is 6.85. The summed E-state index contributed by atoms with van der Waals surface area (Å²) in [5.74, 6) is 0.487. The first-order valence-electron chi connectivity index (χ1n) is 8.25. The van der Waals surface area contributed by atoms with Gasteiger partial charge in [-0.3, -0.25) is 4.79 Å². The van der Waals surface area contributed by atoms with E-state index in [0.717, 1.165) is 20.9 Å². The molecule has 4 rings (SSSR count). The summed E-state index contributed by atoms with van der Waals surface area (Å²) < 4.78 is 4.47. The van der Waals surface area contributed by atoms with Crippen LogP contribution in [-0.2, 0) is 13.6 Å². The van der Waals surface area contributed by atoms with E-state index in [1.54, 1.807) is 16.9 Å². The van der Waals surface area contributed by atoms with Crippen LogP contribution in [0.4, 0.5) is 5.82 Å². The lowest BCUT2D eigenvalue weighted by Gasteiger charge is -2.10. The Morgan fingerprint density at radius 2 is 1.81 bits per heavy atom. The van der Waals surface area contributed by atoms with Crippen molar-refractivity contribution < 1.29 is 4.79 Å². The molecule has 5 nitrogen and oxygen atoms in total. The topological polar surface area (TPSA) is 51.9 Å². The number of carbonyl (C=O) groups is 1. The van der Waals surface area contributed by atoms with Crippen LogP contribution in [0, 0.1) is 0 Å². The average molecular weight is 409 g/mol. The SMILES string of the molecule is Cn1c(C(=O)Nc2ccnn2Cc2ccccc2)c(Br)c2ccccc21. The predicted molar refractivity (Wildman–Crippen MR) is 106 cm³/mol. The van der Waals surface area contributed by atoms with Crippen molar-refractivity contribution in [2.75, 3.05) is 5.32 Å². The number of fused-ring (bicyclic) bond motifs is 1. The molecule has 1 N–H and O–H groups in total. The summed E-state index contributed by atoms with van der Waals surface area (Å²) in [7, 11) is 1.89. The summed E-state index contributed by atoms with van der Waals surface area (Å²) in [6, 6.07) is 19.8. The van der Waals surface area contributed by atoms with Gasteiger partial charge < -0.3 is 9.88 Å². The number of nitrogens with one attached hydrogen (secondary N) is 1. The second kappa shape index (κ2) is 6.80. The van der Waals surface area contributed by atoms with Crippen LogP contribution in [0.5, 0.6) is 0 Å². The van der Waals surface area contributed by atoms with E-state index in [2.05, 4.69) is 26.3 Å². The third-order valence-corrected chi connectivity index (χ3v) is 5.20. The van der Waals surface area contributed by atoms with Crippen LogP contribution < -0.4 is 5.32 Å². The van der Waals surface area contributed by atoms with Gasteiger partial charge in [-0.05, 0) is 27.6 Å². The van der Waals surface area contributed by atoms with Crippen LogP contribution in [0.1, 0.15) is 16.1 Å². The molecule has 0 aliphatic carbocycles. The molecular weight excluding hydrogens is 392 g/mol. The smallest absolute Gasteiger partial charge is 0.274 e. The van der Waals surface area contributed by atoms with E-state index in [1.807, 2.05) is 66.2 Å². The normalized spacial score (nSPS) is 11.0. The molecule has 0 bridgehead atoms. The van der Waals surface area contributed by atoms with E-state index in [1.165, 1.54) is 0 Å². The predicted octanol–water partition coefficient (Wildman–Crippen LogP) is 4.44. The molecule has 0 saturated carbocycles. The van der Waals surface area contributed by atoms with Crippen LogP contribution in [-0.4, -0.2) is 20.3 Å². The second-order valence-electron chi connectivity index (χ2n) is 6.05. The molecule has 0 radical (unpaired) electrons. The molecule has 0 spiro atoms. The number of carbonyl (C=O) groups excluding carboxylic acids is 1. The molecule has 0 saturated heterocycles. The molecule has 0 atom stereocenters. The summed E-state index contributed by atoms with van der Waals surface area (Å²) in [5.41, 5.74) is 2.71. The molecule has 0 aliphatic rings. The fourth-order valence-corrected chi connectivity index (χ4v) is 3.88. The van der Waals surface area contributed by atoms with Gasteiger partial charge in [0.25, 0.3) is 5.91 Å². The molecule has 2 heterocycles. The Kier molecular flexibility index (Phi) is 4.34. The fourth-order valence-electron chi connectivity index (χ4n) is 3.10. The lowest BCUT2D eigenvalue weighted by atomic mass is 10.2. The molecule has 4 aromatic rings. The van der Waals surface area contributed by atoms with E-state index in [9.17, 15) is 4.79 Å². The lowest BCUT2D eigenvalue weighted by molar-refractivity contribution is 0.101. The molecule has 130 valence electrons. The van der Waals surface area contributed by atoms with Crippen molar-refractivity contribution in [1.82, 2.24) is 14.3 Å². The number of hydrogen-bond acceptors (Lipinski definition) is 2. The molecule has 1 amide bonds. The van der Waals surface area contributed by atoms with E-state index in [4.69, 9.17) is 0 Å². The third-order valence-electron chi connectivity index (χ3n) is 4.39. The van der Waals surface area contributed by atoms with Gasteiger partial charge in [-0.15, -0.1) is 0 Å². The van der Waals surface area contributed by atoms with Crippen molar-refractivity contribution in [3.8, 4) is 0 Å². The maximum absolute atomic E-state index is 12.9. The summed E-state index contributed by atoms with van der Waals surface area (Å²) >= 11 is 3.58. The highest BCUT2D eigenvalue weighted by Gasteiger charge is 2.20. The van der Waals surface area contributed by atoms with E-state index < -0.39 is 0 Å². The molecule has 0 unspecified atom stereocenters. The zero-order valence-electron chi connectivity index (χ0n) is 14.2. The van der Waals surface area contributed by atoms with Gasteiger partial charge in [0.1, 0.15) is 11.5 Å². The maximum atomic E-state index is 12.9. The zero-order valence-corrected chi connectivity index (χ0v) is 15.8. The van der Waals surface area contributed by atoms with Gasteiger partial charge in [0.05, 0.1) is 17.2 Å². The number of aryl methyl sites for hydroxylation is 1. The number of para-hydroxylation sites is 1. The van der Waals surface area contributed by atoms with E-state index in [-0.39, 0.29) is 5.91 Å². The van der Waals surface area contributed by atoms with Crippen LogP contribution in [0.2, 0.25) is 0 Å². The van der Waals surface area contributed by atoms with Crippen LogP contribution >= 0.6 is 15.9 Å². The summed E-state index contributed by atoms with van der Waals surface area (Å²) in [6.07, 6.45) is 1.69. The monoisotopic (exact) mass is 408 g/mol. The number of benzene rings is 2. The van der Waals surface area contributed by atoms with Gasteiger partial charge in [0.15, 0.2) is 0 Å². The minimum Gasteiger partial charge on any atom is -0.339 e. The van der Waals surface area contributed by atoms with Gasteiger partial charge in [-0.25, -0.2) is 4.68 Å². The Morgan fingerprint density at radius 1 is 1.08 bits per heavy atom. The Labute approximate surface area is 159 Å². The van der Waals surface area contributed by atoms with Crippen molar-refractivity contribution in [1.29, 1.82) is 0 Å². The number of halogens is 1. The molecule has 26 heavy (non-hydrogen) atoms. The van der Waals surface area contributed by atoms with Gasteiger partial charge in [-0.2, -0.15) is 5.10 Å². The lowest BCUT2D eigenvalue weighted by Crippen LogP contribution is -2.19. The number of nitrogens with zero attached hydrogens (tertiary/aromatic N) is 3. The molecule has 0 aliphatic heterocycles. The Bertz CT molecular complexity index is 1040. The van der Waals surface area contributed by atoms with Crippen molar-refractivity contribution in [3.63, 3.8) is 0 Å². The quantitative estimate of drug-likeness (QED) is 0.542. The molecule has 2 aromatic heterocycles. The highest BCUT2D eigenvalue weighted by atomic mass is 79.9. The van der Waals surface area contributed by atoms with Crippen molar-refractivity contribution >= 4 is 38.6 Å². The number of amides is 1. The van der Waals surface area contributed by atoms with Gasteiger partial charge >= 0.3 is 0 Å². The Morgan fingerprint density at radius 3 is 2.58 bits per heavy atom. The van der Waals surface area contributed by atoms with Crippen molar-refractivity contribution in [3.05, 3.63) is 82.6 Å². The largest absolute Gasteiger partial charge is 0.339 e. The zero-order chi connectivity index (χ0) is 18.1. The first-order valence-corrected chi connectivity index (χ1v) is 9.04. The minimum absolute atomic E-state index is 0.176. The number of aromatic nitrogens is 3. The fraction of sp³-hybridized carbons (Fsp3) is 0.100. The summed E-state index contributed by atoms with van der Waals surface area (Å²) in [6.45, 7) is 0.597. The van der Waals surface area contributed by atoms with Crippen molar-refractivity contribution in [2.45, 2.75) is 6.54 Å². The third kappa shape index (κ3) is 2.93. The average Bonchev–Trinajstić information content (AvgIpc) is 3.19. The molecule has 6 heteroatoms. The summed E-state index contributed by atoms with van der Waals surface area (Å²) in [4.78, 5) is 12.9. The van der Waals surface area contributed by atoms with Gasteiger partial charge in [-0.1, -0.05) is 48.5 Å². The Balaban J connectivity index is 1.63. The molecule has 2 aromatic carbocycles. The Hall–Kier alpha value is -2.86. The number of hydrogen-bond donors (Lipinski definition) is 1. The van der Waals surface area contributed by atoms with E-state index >= 15 is 0 Å². The minimum atomic E-state index is -0.176. The highest BCUT2D eigenvalue weighted by molar-refractivity contribution is 9.10. The standard InChI is InChI=1S/C20H17BrN4O/c1-24-16-10-6-5-9-15(16)18(21)19(24)20(26)23-17-11-12-22-25(17)13-14-7-3-2-4-8-14/h2-12H,13H2,1H3,(H,23,26). The number of anilines is 1. The van der Waals surface area contributed by atoms with Crippen molar-refractivity contribution in [2.24, 2.45) is 7.05 Å². The molecular formula is C20H17BrN4O. The van der Waals surface area contributed by atoms with Crippen LogP contribution in [0.15, 0.2) is 71.3 Å².